The molecule has 1 aromatic rings. The summed E-state index contributed by atoms with van der Waals surface area (Å²) in [5.74, 6) is -0.710. The van der Waals surface area contributed by atoms with Gasteiger partial charge < -0.3 is 30.5 Å². The van der Waals surface area contributed by atoms with Crippen molar-refractivity contribution in [3.05, 3.63) is 4.91 Å². The second-order valence-corrected chi connectivity index (χ2v) is 4.73. The van der Waals surface area contributed by atoms with Crippen LogP contribution in [-0.4, -0.2) is 62.6 Å². The molecule has 22 heavy (non-hydrogen) atoms. The Kier molecular flexibility index (Phi) is 6.25. The number of hydrogen-bond acceptors (Lipinski definition) is 9. The molecule has 122 valence electrons. The summed E-state index contributed by atoms with van der Waals surface area (Å²) in [6.07, 6.45) is 0. The molecule has 4 N–H and O–H groups in total. The normalized spacial score (nSPS) is 18.3. The highest BCUT2D eigenvalue weighted by molar-refractivity contribution is 5.64. The molecule has 0 unspecified atom stereocenters. The Labute approximate surface area is 127 Å². The summed E-state index contributed by atoms with van der Waals surface area (Å²) < 4.78 is 10.2. The van der Waals surface area contributed by atoms with Crippen molar-refractivity contribution < 1.29 is 19.9 Å². The molecular weight excluding hydrogens is 292 g/mol. The van der Waals surface area contributed by atoms with E-state index in [1.807, 2.05) is 0 Å². The van der Waals surface area contributed by atoms with Gasteiger partial charge in [0.15, 0.2) is 11.5 Å². The molecule has 2 fully saturated rings. The Bertz CT molecular complexity index is 456. The lowest BCUT2D eigenvalue weighted by atomic mass is 10.4. The number of nitrogens with zero attached hydrogens (tertiary/aromatic N) is 4. The van der Waals surface area contributed by atoms with Crippen LogP contribution in [0.1, 0.15) is 0 Å². The van der Waals surface area contributed by atoms with E-state index in [1.165, 1.54) is 0 Å². The predicted octanol–water partition coefficient (Wildman–Crippen LogP) is -2.05. The van der Waals surface area contributed by atoms with E-state index in [1.54, 1.807) is 4.90 Å². The lowest BCUT2D eigenvalue weighted by Crippen LogP contribution is -2.87. The van der Waals surface area contributed by atoms with Crippen molar-refractivity contribution >= 4 is 17.5 Å². The highest BCUT2D eigenvalue weighted by Crippen LogP contribution is 2.29. The fourth-order valence-electron chi connectivity index (χ4n) is 2.01. The van der Waals surface area contributed by atoms with Crippen LogP contribution in [0.5, 0.6) is 5.88 Å². The number of quaternary nitrogens is 1. The van der Waals surface area contributed by atoms with Gasteiger partial charge in [0.2, 0.25) is 5.95 Å². The minimum atomic E-state index is -0.746. The van der Waals surface area contributed by atoms with Gasteiger partial charge >= 0.3 is 0 Å². The molecule has 3 rings (SSSR count). The number of morpholine rings is 2. The number of nitrogens with two attached hydrogens (primary N) is 2. The maximum absolute atomic E-state index is 11.4. The number of rotatable bonds is 2. The molecule has 10 heteroatoms. The van der Waals surface area contributed by atoms with E-state index in [0.717, 1.165) is 26.3 Å². The first-order valence-electron chi connectivity index (χ1n) is 7.12. The zero-order chi connectivity index (χ0) is 15.8. The van der Waals surface area contributed by atoms with Gasteiger partial charge in [-0.3, -0.25) is 0 Å². The number of ether oxygens (including phenoxy) is 2. The summed E-state index contributed by atoms with van der Waals surface area (Å²) in [5, 5.41) is 16.1. The molecule has 0 atom stereocenters. The Morgan fingerprint density at radius 1 is 1.14 bits per heavy atom. The van der Waals surface area contributed by atoms with E-state index in [0.29, 0.717) is 26.3 Å². The van der Waals surface area contributed by atoms with E-state index in [-0.39, 0.29) is 11.8 Å². The van der Waals surface area contributed by atoms with Crippen molar-refractivity contribution in [2.24, 2.45) is 5.18 Å². The molecule has 2 aliphatic heterocycles. The fraction of sp³-hybridized carbons (Fsp3) is 0.667. The van der Waals surface area contributed by atoms with Crippen LogP contribution in [0.15, 0.2) is 5.18 Å². The monoisotopic (exact) mass is 312 g/mol. The third kappa shape index (κ3) is 4.48. The van der Waals surface area contributed by atoms with E-state index >= 15 is 0 Å². The lowest BCUT2D eigenvalue weighted by molar-refractivity contribution is -0.670. The second kappa shape index (κ2) is 8.41. The van der Waals surface area contributed by atoms with E-state index < -0.39 is 11.6 Å². The van der Waals surface area contributed by atoms with Gasteiger partial charge in [-0.1, -0.05) is 0 Å². The number of nitrogen functional groups attached to an aromatic ring is 1. The average Bonchev–Trinajstić information content (AvgIpc) is 2.57. The SMILES string of the molecule is C1COCC[NH2+]1.Nc1nc(N2CCOCC2)nc([O-])c1N=O. The first kappa shape index (κ1) is 16.3. The van der Waals surface area contributed by atoms with Crippen molar-refractivity contribution in [2.75, 3.05) is 63.2 Å². The molecule has 0 aromatic carbocycles. The largest absolute Gasteiger partial charge is 0.857 e. The molecule has 2 saturated heterocycles. The van der Waals surface area contributed by atoms with Gasteiger partial charge in [0.25, 0.3) is 0 Å². The minimum Gasteiger partial charge on any atom is -0.857 e. The van der Waals surface area contributed by atoms with Gasteiger partial charge in [-0.05, 0) is 5.18 Å². The predicted molar refractivity (Wildman–Crippen MR) is 76.9 cm³/mol. The van der Waals surface area contributed by atoms with E-state index in [9.17, 15) is 10.0 Å². The lowest BCUT2D eigenvalue weighted by Gasteiger charge is -2.27. The Morgan fingerprint density at radius 2 is 1.77 bits per heavy atom. The average molecular weight is 312 g/mol. The quantitative estimate of drug-likeness (QED) is 0.594. The molecule has 0 bridgehead atoms. The number of nitroso groups, excluding NO2 is 1. The summed E-state index contributed by atoms with van der Waals surface area (Å²) in [6, 6.07) is 0. The summed E-state index contributed by atoms with van der Waals surface area (Å²) in [6.45, 7) is 6.47. The number of hydrogen-bond donors (Lipinski definition) is 2. The van der Waals surface area contributed by atoms with Crippen LogP contribution >= 0.6 is 0 Å². The topological polar surface area (TPSA) is 143 Å². The zero-order valence-corrected chi connectivity index (χ0v) is 12.2. The number of aromatic nitrogens is 2. The summed E-state index contributed by atoms with van der Waals surface area (Å²) >= 11 is 0. The second-order valence-electron chi connectivity index (χ2n) is 4.73. The van der Waals surface area contributed by atoms with Crippen LogP contribution in [-0.2, 0) is 9.47 Å². The molecule has 0 amide bonds. The molecular formula is C12H20N6O4. The van der Waals surface area contributed by atoms with Crippen molar-refractivity contribution in [2.45, 2.75) is 0 Å². The highest BCUT2D eigenvalue weighted by atomic mass is 16.5. The van der Waals surface area contributed by atoms with Gasteiger partial charge in [-0.15, -0.1) is 4.91 Å². The van der Waals surface area contributed by atoms with Gasteiger partial charge in [0, 0.05) is 19.0 Å². The number of anilines is 2. The standard InChI is InChI=1S/C8H11N5O3.C4H9NO/c9-6-5(12-15)7(14)11-8(10-6)13-1-3-16-4-2-13;1-3-6-4-2-5-1/h1-4H2,(H3,9,10,11,14);5H,1-4H2. The molecule has 2 aliphatic rings. The van der Waals surface area contributed by atoms with Crippen LogP contribution < -0.4 is 21.1 Å². The Balaban J connectivity index is 0.000000246. The third-order valence-corrected chi connectivity index (χ3v) is 3.19. The molecule has 1 aromatic heterocycles. The minimum absolute atomic E-state index is 0.184. The Morgan fingerprint density at radius 3 is 2.23 bits per heavy atom. The van der Waals surface area contributed by atoms with Crippen molar-refractivity contribution in [3.63, 3.8) is 0 Å². The molecule has 0 saturated carbocycles. The van der Waals surface area contributed by atoms with Crippen LogP contribution in [0, 0.1) is 4.91 Å². The molecule has 0 aliphatic carbocycles. The van der Waals surface area contributed by atoms with Crippen LogP contribution in [0.4, 0.5) is 17.5 Å². The van der Waals surface area contributed by atoms with Gasteiger partial charge in [0.05, 0.1) is 39.5 Å². The zero-order valence-electron chi connectivity index (χ0n) is 12.2. The van der Waals surface area contributed by atoms with Crippen molar-refractivity contribution in [3.8, 4) is 5.88 Å². The molecule has 0 radical (unpaired) electrons. The Hall–Kier alpha value is -2.04. The van der Waals surface area contributed by atoms with Crippen LogP contribution in [0.2, 0.25) is 0 Å². The molecule has 0 spiro atoms. The van der Waals surface area contributed by atoms with Crippen LogP contribution in [0.25, 0.3) is 0 Å². The maximum atomic E-state index is 11.4. The van der Waals surface area contributed by atoms with Gasteiger partial charge in [-0.2, -0.15) is 4.98 Å². The summed E-state index contributed by atoms with van der Waals surface area (Å²) in [4.78, 5) is 19.6. The fourth-order valence-corrected chi connectivity index (χ4v) is 2.01. The smallest absolute Gasteiger partial charge is 0.226 e. The third-order valence-electron chi connectivity index (χ3n) is 3.19. The van der Waals surface area contributed by atoms with Crippen LogP contribution in [0.3, 0.4) is 0 Å². The summed E-state index contributed by atoms with van der Waals surface area (Å²) in [7, 11) is 0. The van der Waals surface area contributed by atoms with E-state index in [2.05, 4.69) is 20.5 Å². The van der Waals surface area contributed by atoms with Crippen molar-refractivity contribution in [1.82, 2.24) is 9.97 Å². The maximum Gasteiger partial charge on any atom is 0.226 e. The van der Waals surface area contributed by atoms with E-state index in [4.69, 9.17) is 15.2 Å². The molecule has 3 heterocycles. The molecule has 10 nitrogen and oxygen atoms in total. The van der Waals surface area contributed by atoms with Crippen molar-refractivity contribution in [1.29, 1.82) is 0 Å². The first-order chi connectivity index (χ1) is 10.7. The first-order valence-corrected chi connectivity index (χ1v) is 7.12. The summed E-state index contributed by atoms with van der Waals surface area (Å²) in [5.41, 5.74) is 5.00. The highest BCUT2D eigenvalue weighted by Gasteiger charge is 2.16. The van der Waals surface area contributed by atoms with Gasteiger partial charge in [0.1, 0.15) is 0 Å². The van der Waals surface area contributed by atoms with Gasteiger partial charge in [-0.25, -0.2) is 4.98 Å².